The molecule has 0 amide bonds. The van der Waals surface area contributed by atoms with E-state index in [-0.39, 0.29) is 18.9 Å². The Labute approximate surface area is 117 Å². The number of hydrogen-bond acceptors (Lipinski definition) is 6. The van der Waals surface area contributed by atoms with Crippen LogP contribution in [-0.4, -0.2) is 26.3 Å². The lowest BCUT2D eigenvalue weighted by molar-refractivity contribution is -0.147. The number of hydrogen-bond donors (Lipinski definition) is 2. The third-order valence-corrected chi connectivity index (χ3v) is 3.26. The van der Waals surface area contributed by atoms with Gasteiger partial charge in [0.25, 0.3) is 0 Å². The smallest absolute Gasteiger partial charge is 0.362 e. The monoisotopic (exact) mass is 299 g/mol. The molecular formula is C11H12F3N7. The van der Waals surface area contributed by atoms with Crippen LogP contribution < -0.4 is 16.2 Å². The van der Waals surface area contributed by atoms with E-state index in [1.54, 1.807) is 18.3 Å². The van der Waals surface area contributed by atoms with Crippen LogP contribution in [0.25, 0.3) is 0 Å². The third kappa shape index (κ3) is 2.49. The van der Waals surface area contributed by atoms with E-state index in [9.17, 15) is 13.2 Å². The lowest BCUT2D eigenvalue weighted by Crippen LogP contribution is -2.35. The van der Waals surface area contributed by atoms with Gasteiger partial charge >= 0.3 is 6.18 Å². The average Bonchev–Trinajstić information content (AvgIpc) is 2.90. The maximum absolute atomic E-state index is 12.8. The summed E-state index contributed by atoms with van der Waals surface area (Å²) in [5.74, 6) is 5.11. The molecule has 0 aliphatic carbocycles. The SMILES string of the molecule is NNc1cc(N2CCn3c(nnc3C(F)(F)F)C2)ccn1. The third-order valence-electron chi connectivity index (χ3n) is 3.26. The van der Waals surface area contributed by atoms with Crippen LogP contribution >= 0.6 is 0 Å². The number of nitrogens with zero attached hydrogens (tertiary/aromatic N) is 5. The quantitative estimate of drug-likeness (QED) is 0.635. The van der Waals surface area contributed by atoms with E-state index in [0.717, 1.165) is 10.3 Å². The van der Waals surface area contributed by atoms with Gasteiger partial charge in [0.2, 0.25) is 5.82 Å². The summed E-state index contributed by atoms with van der Waals surface area (Å²) < 4.78 is 39.4. The molecule has 0 fully saturated rings. The van der Waals surface area contributed by atoms with Crippen molar-refractivity contribution < 1.29 is 13.2 Å². The molecule has 10 heteroatoms. The standard InChI is InChI=1S/C11H12F3N7/c12-11(13,14)10-19-18-9-6-20(3-4-21(9)10)7-1-2-16-8(5-7)17-15/h1-2,5H,3-4,6,15H2,(H,16,17). The van der Waals surface area contributed by atoms with Crippen molar-refractivity contribution in [2.45, 2.75) is 19.3 Å². The Bertz CT molecular complexity index is 652. The van der Waals surface area contributed by atoms with Crippen molar-refractivity contribution in [1.82, 2.24) is 19.7 Å². The number of pyridine rings is 1. The Kier molecular flexibility index (Phi) is 3.16. The van der Waals surface area contributed by atoms with Crippen LogP contribution in [0, 0.1) is 0 Å². The topological polar surface area (TPSA) is 84.9 Å². The second kappa shape index (κ2) is 4.88. The summed E-state index contributed by atoms with van der Waals surface area (Å²) >= 11 is 0. The summed E-state index contributed by atoms with van der Waals surface area (Å²) in [6, 6.07) is 3.48. The van der Waals surface area contributed by atoms with E-state index in [2.05, 4.69) is 20.6 Å². The van der Waals surface area contributed by atoms with Gasteiger partial charge in [0.1, 0.15) is 5.82 Å². The molecule has 1 aliphatic heterocycles. The van der Waals surface area contributed by atoms with Crippen molar-refractivity contribution in [2.75, 3.05) is 16.9 Å². The number of rotatable bonds is 2. The van der Waals surface area contributed by atoms with Crippen LogP contribution in [0.1, 0.15) is 11.6 Å². The number of alkyl halides is 3. The molecule has 0 aromatic carbocycles. The minimum absolute atomic E-state index is 0.172. The number of nitrogens with two attached hydrogens (primary N) is 1. The Morgan fingerprint density at radius 3 is 2.76 bits per heavy atom. The maximum atomic E-state index is 12.8. The van der Waals surface area contributed by atoms with Crippen LogP contribution in [0.4, 0.5) is 24.7 Å². The number of nitrogens with one attached hydrogen (secondary N) is 1. The molecule has 1 aliphatic rings. The molecule has 0 spiro atoms. The molecule has 21 heavy (non-hydrogen) atoms. The Balaban J connectivity index is 1.86. The van der Waals surface area contributed by atoms with Gasteiger partial charge in [-0.15, -0.1) is 10.2 Å². The molecular weight excluding hydrogens is 287 g/mol. The van der Waals surface area contributed by atoms with Gasteiger partial charge in [-0.25, -0.2) is 10.8 Å². The highest BCUT2D eigenvalue weighted by atomic mass is 19.4. The highest BCUT2D eigenvalue weighted by Crippen LogP contribution is 2.30. The fourth-order valence-corrected chi connectivity index (χ4v) is 2.28. The number of anilines is 2. The van der Waals surface area contributed by atoms with Crippen LogP contribution in [0.15, 0.2) is 18.3 Å². The Morgan fingerprint density at radius 2 is 2.05 bits per heavy atom. The minimum atomic E-state index is -4.49. The molecule has 7 nitrogen and oxygen atoms in total. The molecule has 112 valence electrons. The minimum Gasteiger partial charge on any atom is -0.362 e. The molecule has 0 unspecified atom stereocenters. The summed E-state index contributed by atoms with van der Waals surface area (Å²) in [7, 11) is 0. The Hall–Kier alpha value is -2.36. The number of halogens is 3. The first-order valence-corrected chi connectivity index (χ1v) is 6.16. The van der Waals surface area contributed by atoms with Gasteiger partial charge < -0.3 is 14.9 Å². The zero-order valence-corrected chi connectivity index (χ0v) is 10.8. The maximum Gasteiger partial charge on any atom is 0.451 e. The highest BCUT2D eigenvalue weighted by molar-refractivity contribution is 5.53. The van der Waals surface area contributed by atoms with Crippen molar-refractivity contribution in [3.05, 3.63) is 30.0 Å². The summed E-state index contributed by atoms with van der Waals surface area (Å²) in [6.45, 7) is 0.837. The second-order valence-electron chi connectivity index (χ2n) is 4.55. The van der Waals surface area contributed by atoms with Gasteiger partial charge in [-0.3, -0.25) is 0 Å². The molecule has 0 atom stereocenters. The molecule has 2 aromatic heterocycles. The predicted octanol–water partition coefficient (Wildman–Crippen LogP) is 0.998. The van der Waals surface area contributed by atoms with Gasteiger partial charge in [0.15, 0.2) is 5.82 Å². The first kappa shape index (κ1) is 13.6. The van der Waals surface area contributed by atoms with Gasteiger partial charge in [-0.1, -0.05) is 0 Å². The van der Waals surface area contributed by atoms with Crippen molar-refractivity contribution in [1.29, 1.82) is 0 Å². The van der Waals surface area contributed by atoms with Gasteiger partial charge in [-0.05, 0) is 6.07 Å². The zero-order chi connectivity index (χ0) is 15.0. The fraction of sp³-hybridized carbons (Fsp3) is 0.364. The number of aromatic nitrogens is 4. The van der Waals surface area contributed by atoms with E-state index < -0.39 is 12.0 Å². The van der Waals surface area contributed by atoms with Crippen LogP contribution in [0.5, 0.6) is 0 Å². The summed E-state index contributed by atoms with van der Waals surface area (Å²) in [6.07, 6.45) is -2.91. The first-order valence-electron chi connectivity index (χ1n) is 6.16. The van der Waals surface area contributed by atoms with Gasteiger partial charge in [0, 0.05) is 31.0 Å². The van der Waals surface area contributed by atoms with Crippen molar-refractivity contribution >= 4 is 11.5 Å². The van der Waals surface area contributed by atoms with Crippen LogP contribution in [0.3, 0.4) is 0 Å². The number of nitrogen functional groups attached to an aromatic ring is 1. The van der Waals surface area contributed by atoms with E-state index in [0.29, 0.717) is 12.4 Å². The van der Waals surface area contributed by atoms with E-state index in [1.165, 1.54) is 0 Å². The number of hydrazine groups is 1. The van der Waals surface area contributed by atoms with E-state index in [4.69, 9.17) is 5.84 Å². The molecule has 3 rings (SSSR count). The molecule has 3 N–H and O–H groups in total. The second-order valence-corrected chi connectivity index (χ2v) is 4.55. The van der Waals surface area contributed by atoms with Crippen molar-refractivity contribution in [3.8, 4) is 0 Å². The van der Waals surface area contributed by atoms with Gasteiger partial charge in [0.05, 0.1) is 6.54 Å². The van der Waals surface area contributed by atoms with E-state index >= 15 is 0 Å². The Morgan fingerprint density at radius 1 is 1.24 bits per heavy atom. The predicted molar refractivity (Wildman–Crippen MR) is 68.1 cm³/mol. The molecule has 0 saturated heterocycles. The molecule has 0 saturated carbocycles. The summed E-state index contributed by atoms with van der Waals surface area (Å²) in [4.78, 5) is 5.88. The average molecular weight is 299 g/mol. The summed E-state index contributed by atoms with van der Waals surface area (Å²) in [5.41, 5.74) is 3.24. The first-order chi connectivity index (χ1) is 9.99. The normalized spacial score (nSPS) is 15.0. The largest absolute Gasteiger partial charge is 0.451 e. The lowest BCUT2D eigenvalue weighted by atomic mass is 10.3. The van der Waals surface area contributed by atoms with Crippen molar-refractivity contribution in [3.63, 3.8) is 0 Å². The molecule has 0 radical (unpaired) electrons. The number of fused-ring (bicyclic) bond motifs is 1. The van der Waals surface area contributed by atoms with E-state index in [1.807, 2.05) is 4.90 Å². The van der Waals surface area contributed by atoms with Gasteiger partial charge in [-0.2, -0.15) is 13.2 Å². The summed E-state index contributed by atoms with van der Waals surface area (Å²) in [5, 5.41) is 6.88. The molecule has 3 heterocycles. The molecule has 2 aromatic rings. The zero-order valence-electron chi connectivity index (χ0n) is 10.8. The van der Waals surface area contributed by atoms with Crippen LogP contribution in [0.2, 0.25) is 0 Å². The fourth-order valence-electron chi connectivity index (χ4n) is 2.28. The highest BCUT2D eigenvalue weighted by Gasteiger charge is 2.39. The van der Waals surface area contributed by atoms with Crippen molar-refractivity contribution in [2.24, 2.45) is 5.84 Å². The lowest BCUT2D eigenvalue weighted by Gasteiger charge is -2.29. The molecule has 0 bridgehead atoms. The van der Waals surface area contributed by atoms with Crippen LogP contribution in [-0.2, 0) is 19.3 Å².